The number of carboxylic acid groups (broad SMARTS) is 1. The summed E-state index contributed by atoms with van der Waals surface area (Å²) in [6.45, 7) is 1.52. The third-order valence-corrected chi connectivity index (χ3v) is 4.52. The molecule has 0 bridgehead atoms. The Morgan fingerprint density at radius 3 is 2.39 bits per heavy atom. The van der Waals surface area contributed by atoms with Crippen molar-refractivity contribution < 1.29 is 27.9 Å². The van der Waals surface area contributed by atoms with E-state index in [0.717, 1.165) is 12.8 Å². The van der Waals surface area contributed by atoms with E-state index in [2.05, 4.69) is 5.32 Å². The smallest absolute Gasteiger partial charge is 0.341 e. The SMILES string of the molecule is CCCCCS(=O)(=O)CC(=O)Nc1ccc(OCC(=O)O)cc1. The van der Waals surface area contributed by atoms with E-state index in [1.807, 2.05) is 6.92 Å². The van der Waals surface area contributed by atoms with Crippen molar-refractivity contribution >= 4 is 27.4 Å². The van der Waals surface area contributed by atoms with Crippen molar-refractivity contribution in [3.63, 3.8) is 0 Å². The largest absolute Gasteiger partial charge is 0.482 e. The van der Waals surface area contributed by atoms with Crippen molar-refractivity contribution in [2.24, 2.45) is 0 Å². The molecule has 0 atom stereocenters. The molecule has 0 heterocycles. The summed E-state index contributed by atoms with van der Waals surface area (Å²) >= 11 is 0. The fourth-order valence-electron chi connectivity index (χ4n) is 1.82. The molecule has 0 fully saturated rings. The molecule has 0 spiro atoms. The van der Waals surface area contributed by atoms with Gasteiger partial charge in [-0.25, -0.2) is 13.2 Å². The molecule has 128 valence electrons. The van der Waals surface area contributed by atoms with Gasteiger partial charge in [0, 0.05) is 5.69 Å². The molecule has 1 aromatic carbocycles. The van der Waals surface area contributed by atoms with Gasteiger partial charge < -0.3 is 15.2 Å². The van der Waals surface area contributed by atoms with Crippen molar-refractivity contribution in [3.8, 4) is 5.75 Å². The van der Waals surface area contributed by atoms with Crippen molar-refractivity contribution in [2.75, 3.05) is 23.4 Å². The number of carbonyl (C=O) groups excluding carboxylic acids is 1. The van der Waals surface area contributed by atoms with Crippen LogP contribution in [0.4, 0.5) is 5.69 Å². The first kappa shape index (κ1) is 19.0. The number of unbranched alkanes of at least 4 members (excludes halogenated alkanes) is 2. The third-order valence-electron chi connectivity index (χ3n) is 2.91. The first-order valence-electron chi connectivity index (χ1n) is 7.27. The lowest BCUT2D eigenvalue weighted by Gasteiger charge is -2.08. The monoisotopic (exact) mass is 343 g/mol. The number of anilines is 1. The van der Waals surface area contributed by atoms with Crippen molar-refractivity contribution in [1.29, 1.82) is 0 Å². The van der Waals surface area contributed by atoms with Gasteiger partial charge >= 0.3 is 5.97 Å². The molecular formula is C15H21NO6S. The van der Waals surface area contributed by atoms with Crippen molar-refractivity contribution in [3.05, 3.63) is 24.3 Å². The van der Waals surface area contributed by atoms with Gasteiger partial charge in [0.2, 0.25) is 5.91 Å². The molecule has 0 aliphatic heterocycles. The second-order valence-corrected chi connectivity index (χ2v) is 7.24. The van der Waals surface area contributed by atoms with E-state index in [4.69, 9.17) is 9.84 Å². The van der Waals surface area contributed by atoms with Crippen molar-refractivity contribution in [2.45, 2.75) is 26.2 Å². The highest BCUT2D eigenvalue weighted by Crippen LogP contribution is 2.15. The van der Waals surface area contributed by atoms with E-state index in [9.17, 15) is 18.0 Å². The lowest BCUT2D eigenvalue weighted by Crippen LogP contribution is -2.24. The van der Waals surface area contributed by atoms with Gasteiger partial charge in [-0.05, 0) is 30.7 Å². The summed E-state index contributed by atoms with van der Waals surface area (Å²) in [5, 5.41) is 11.0. The molecule has 0 radical (unpaired) electrons. The average Bonchev–Trinajstić information content (AvgIpc) is 2.46. The van der Waals surface area contributed by atoms with Gasteiger partial charge in [0.15, 0.2) is 16.4 Å². The van der Waals surface area contributed by atoms with Crippen LogP contribution in [0.1, 0.15) is 26.2 Å². The fourth-order valence-corrected chi connectivity index (χ4v) is 3.08. The van der Waals surface area contributed by atoms with Gasteiger partial charge in [0.1, 0.15) is 11.5 Å². The minimum absolute atomic E-state index is 0.0101. The Labute approximate surface area is 135 Å². The van der Waals surface area contributed by atoms with Crippen LogP contribution in [0.15, 0.2) is 24.3 Å². The lowest BCUT2D eigenvalue weighted by molar-refractivity contribution is -0.139. The van der Waals surface area contributed by atoms with Gasteiger partial charge in [-0.15, -0.1) is 0 Å². The first-order valence-corrected chi connectivity index (χ1v) is 9.09. The zero-order chi connectivity index (χ0) is 17.3. The molecular weight excluding hydrogens is 322 g/mol. The van der Waals surface area contributed by atoms with Gasteiger partial charge in [0.05, 0.1) is 5.75 Å². The Bertz CT molecular complexity index is 624. The predicted octanol–water partition coefficient (Wildman–Crippen LogP) is 1.69. The summed E-state index contributed by atoms with van der Waals surface area (Å²) in [4.78, 5) is 22.1. The molecule has 0 aromatic heterocycles. The maximum atomic E-state index is 11.8. The number of ether oxygens (including phenoxy) is 1. The third kappa shape index (κ3) is 8.20. The number of carboxylic acids is 1. The summed E-state index contributed by atoms with van der Waals surface area (Å²) in [6, 6.07) is 6.01. The minimum Gasteiger partial charge on any atom is -0.482 e. The Hall–Kier alpha value is -2.09. The number of hydrogen-bond donors (Lipinski definition) is 2. The minimum atomic E-state index is -3.40. The number of benzene rings is 1. The normalized spacial score (nSPS) is 11.0. The second-order valence-electron chi connectivity index (χ2n) is 5.05. The highest BCUT2D eigenvalue weighted by Gasteiger charge is 2.16. The maximum Gasteiger partial charge on any atom is 0.341 e. The molecule has 0 saturated carbocycles. The predicted molar refractivity (Wildman–Crippen MR) is 86.4 cm³/mol. The van der Waals surface area contributed by atoms with Gasteiger partial charge in [-0.3, -0.25) is 4.79 Å². The van der Waals surface area contributed by atoms with Gasteiger partial charge in [-0.2, -0.15) is 0 Å². The van der Waals surface area contributed by atoms with Crippen LogP contribution >= 0.6 is 0 Å². The number of amides is 1. The van der Waals surface area contributed by atoms with Gasteiger partial charge in [0.25, 0.3) is 0 Å². The van der Waals surface area contributed by atoms with Crippen LogP contribution in [0, 0.1) is 0 Å². The second kappa shape index (κ2) is 9.14. The van der Waals surface area contributed by atoms with Crippen LogP contribution < -0.4 is 10.1 Å². The van der Waals surface area contributed by atoms with Crippen LogP contribution in [0.5, 0.6) is 5.75 Å². The molecule has 0 aliphatic carbocycles. The standard InChI is InChI=1S/C15H21NO6S/c1-2-3-4-9-23(20,21)11-14(17)16-12-5-7-13(8-6-12)22-10-15(18)19/h5-8H,2-4,9-11H2,1H3,(H,16,17)(H,18,19). The molecule has 2 N–H and O–H groups in total. The lowest BCUT2D eigenvalue weighted by atomic mass is 10.3. The Morgan fingerprint density at radius 2 is 1.83 bits per heavy atom. The number of carbonyl (C=O) groups is 2. The highest BCUT2D eigenvalue weighted by atomic mass is 32.2. The Morgan fingerprint density at radius 1 is 1.17 bits per heavy atom. The molecule has 1 rings (SSSR count). The number of hydrogen-bond acceptors (Lipinski definition) is 5. The highest BCUT2D eigenvalue weighted by molar-refractivity contribution is 7.92. The van der Waals surface area contributed by atoms with E-state index in [-0.39, 0.29) is 5.75 Å². The molecule has 8 heteroatoms. The summed E-state index contributed by atoms with van der Waals surface area (Å²) in [5.74, 6) is -1.88. The van der Waals surface area contributed by atoms with Crippen LogP contribution in [-0.2, 0) is 19.4 Å². The molecule has 7 nitrogen and oxygen atoms in total. The molecule has 1 amide bonds. The van der Waals surface area contributed by atoms with Gasteiger partial charge in [-0.1, -0.05) is 19.8 Å². The first-order chi connectivity index (χ1) is 10.8. The zero-order valence-corrected chi connectivity index (χ0v) is 13.8. The number of aliphatic carboxylic acids is 1. The number of sulfone groups is 1. The molecule has 0 unspecified atom stereocenters. The molecule has 23 heavy (non-hydrogen) atoms. The molecule has 0 saturated heterocycles. The summed E-state index contributed by atoms with van der Waals surface area (Å²) in [6.07, 6.45) is 2.29. The van der Waals surface area contributed by atoms with Crippen LogP contribution in [0.25, 0.3) is 0 Å². The van der Waals surface area contributed by atoms with Crippen LogP contribution in [0.3, 0.4) is 0 Å². The van der Waals surface area contributed by atoms with E-state index in [1.165, 1.54) is 24.3 Å². The quantitative estimate of drug-likeness (QED) is 0.626. The maximum absolute atomic E-state index is 11.8. The van der Waals surface area contributed by atoms with E-state index < -0.39 is 34.1 Å². The van der Waals surface area contributed by atoms with Crippen LogP contribution in [-0.4, -0.2) is 43.5 Å². The number of nitrogens with one attached hydrogen (secondary N) is 1. The fraction of sp³-hybridized carbons (Fsp3) is 0.467. The summed E-state index contributed by atoms with van der Waals surface area (Å²) < 4.78 is 28.5. The molecule has 0 aliphatic rings. The topological polar surface area (TPSA) is 110 Å². The summed E-state index contributed by atoms with van der Waals surface area (Å²) in [7, 11) is -3.40. The van der Waals surface area contributed by atoms with E-state index >= 15 is 0 Å². The van der Waals surface area contributed by atoms with Crippen molar-refractivity contribution in [1.82, 2.24) is 0 Å². The number of rotatable bonds is 10. The zero-order valence-electron chi connectivity index (χ0n) is 12.9. The Kier molecular flexibility index (Phi) is 7.53. The van der Waals surface area contributed by atoms with E-state index in [1.54, 1.807) is 0 Å². The molecule has 1 aromatic rings. The van der Waals surface area contributed by atoms with Crippen LogP contribution in [0.2, 0.25) is 0 Å². The average molecular weight is 343 g/mol. The summed E-state index contributed by atoms with van der Waals surface area (Å²) in [5.41, 5.74) is 0.418. The Balaban J connectivity index is 2.49. The van der Waals surface area contributed by atoms with E-state index in [0.29, 0.717) is 17.9 Å².